The van der Waals surface area contributed by atoms with Crippen LogP contribution in [0.15, 0.2) is 0 Å². The normalized spacial score (nSPS) is 12.7. The van der Waals surface area contributed by atoms with Crippen LogP contribution in [0.2, 0.25) is 0 Å². The molecule has 1 N–H and O–H groups in total. The topological polar surface area (TPSA) is 108 Å². The van der Waals surface area contributed by atoms with Gasteiger partial charge in [0.2, 0.25) is 0 Å². The molecule has 392 valence electrons. The van der Waals surface area contributed by atoms with Crippen molar-refractivity contribution >= 4 is 17.9 Å². The number of quaternary nitrogens is 1. The molecule has 0 aliphatic rings. The lowest BCUT2D eigenvalue weighted by Gasteiger charge is -2.25. The molecule has 0 saturated carbocycles. The van der Waals surface area contributed by atoms with Crippen LogP contribution in [0, 0.1) is 0 Å². The highest BCUT2D eigenvalue weighted by atomic mass is 16.7. The number of aliphatic carboxylic acids is 1. The average molecular weight is 940 g/mol. The van der Waals surface area contributed by atoms with Crippen molar-refractivity contribution in [2.24, 2.45) is 0 Å². The standard InChI is InChI=1S/C57H111NO8/c1-6-8-10-12-14-16-18-20-22-23-24-25-26-27-28-29-30-31-32-34-36-38-40-42-44-46-48-55(60)66-53(52-65-57(56(61)62)63-50-49-58(3,4)5)51-64-54(59)47-45-43-41-39-37-35-33-21-19-17-15-13-11-9-7-2/h53,57H,6-52H2,1-5H3/p+1. The molecule has 0 amide bonds. The van der Waals surface area contributed by atoms with Gasteiger partial charge in [0.25, 0.3) is 6.29 Å². The van der Waals surface area contributed by atoms with Crippen molar-refractivity contribution in [2.45, 2.75) is 302 Å². The number of carboxylic acids is 1. The van der Waals surface area contributed by atoms with E-state index in [0.29, 0.717) is 17.4 Å². The molecule has 0 heterocycles. The van der Waals surface area contributed by atoms with Crippen molar-refractivity contribution in [1.82, 2.24) is 0 Å². The number of nitrogens with zero attached hydrogens (tertiary/aromatic N) is 1. The first-order valence-corrected chi connectivity index (χ1v) is 28.7. The Bertz CT molecular complexity index is 1050. The Morgan fingerprint density at radius 2 is 0.682 bits per heavy atom. The zero-order chi connectivity index (χ0) is 48.4. The minimum Gasteiger partial charge on any atom is -0.477 e. The van der Waals surface area contributed by atoms with E-state index in [2.05, 4.69) is 13.8 Å². The van der Waals surface area contributed by atoms with Gasteiger partial charge in [-0.1, -0.05) is 264 Å². The Morgan fingerprint density at radius 1 is 0.394 bits per heavy atom. The fourth-order valence-electron chi connectivity index (χ4n) is 8.66. The van der Waals surface area contributed by atoms with Gasteiger partial charge >= 0.3 is 17.9 Å². The predicted molar refractivity (Wildman–Crippen MR) is 277 cm³/mol. The summed E-state index contributed by atoms with van der Waals surface area (Å²) < 4.78 is 22.9. The van der Waals surface area contributed by atoms with Gasteiger partial charge < -0.3 is 28.5 Å². The van der Waals surface area contributed by atoms with Gasteiger partial charge in [-0.25, -0.2) is 4.79 Å². The molecule has 0 saturated heterocycles. The maximum Gasteiger partial charge on any atom is 0.361 e. The maximum absolute atomic E-state index is 12.9. The smallest absolute Gasteiger partial charge is 0.361 e. The molecule has 0 radical (unpaired) electrons. The lowest BCUT2D eigenvalue weighted by atomic mass is 10.0. The Kier molecular flexibility index (Phi) is 48.4. The molecular weight excluding hydrogens is 827 g/mol. The Morgan fingerprint density at radius 3 is 0.970 bits per heavy atom. The third-order valence-corrected chi connectivity index (χ3v) is 13.1. The molecule has 9 nitrogen and oxygen atoms in total. The van der Waals surface area contributed by atoms with Gasteiger partial charge in [-0.2, -0.15) is 0 Å². The van der Waals surface area contributed by atoms with Gasteiger partial charge in [-0.3, -0.25) is 9.59 Å². The fourth-order valence-corrected chi connectivity index (χ4v) is 8.66. The summed E-state index contributed by atoms with van der Waals surface area (Å²) in [4.78, 5) is 37.3. The number of esters is 2. The fraction of sp³-hybridized carbons (Fsp3) is 0.947. The monoisotopic (exact) mass is 939 g/mol. The molecule has 0 rings (SSSR count). The van der Waals surface area contributed by atoms with Crippen molar-refractivity contribution in [3.05, 3.63) is 0 Å². The quantitative estimate of drug-likeness (QED) is 0.0278. The molecule has 9 heteroatoms. The van der Waals surface area contributed by atoms with Gasteiger partial charge in [0.1, 0.15) is 13.2 Å². The summed E-state index contributed by atoms with van der Waals surface area (Å²) in [5.41, 5.74) is 0. The number of rotatable bonds is 54. The SMILES string of the molecule is CCCCCCCCCCCCCCCCCCCCCCCCCCCCC(=O)OC(COC(=O)CCCCCCCCCCCCCCCCC)COC(OCC[N+](C)(C)C)C(=O)O. The van der Waals surface area contributed by atoms with Crippen molar-refractivity contribution in [3.8, 4) is 0 Å². The van der Waals surface area contributed by atoms with Gasteiger partial charge in [-0.05, 0) is 12.8 Å². The Balaban J connectivity index is 4.15. The largest absolute Gasteiger partial charge is 0.477 e. The molecule has 0 aromatic rings. The highest BCUT2D eigenvalue weighted by Gasteiger charge is 2.25. The summed E-state index contributed by atoms with van der Waals surface area (Å²) in [6.45, 7) is 4.94. The number of carbonyl (C=O) groups is 3. The van der Waals surface area contributed by atoms with Crippen LogP contribution in [0.1, 0.15) is 290 Å². The summed E-state index contributed by atoms with van der Waals surface area (Å²) in [6, 6.07) is 0. The molecular formula is C57H112NO8+. The van der Waals surface area contributed by atoms with E-state index in [0.717, 1.165) is 38.5 Å². The molecule has 0 bridgehead atoms. The van der Waals surface area contributed by atoms with Crippen LogP contribution in [0.5, 0.6) is 0 Å². The lowest BCUT2D eigenvalue weighted by Crippen LogP contribution is -2.40. The highest BCUT2D eigenvalue weighted by Crippen LogP contribution is 2.18. The highest BCUT2D eigenvalue weighted by molar-refractivity contribution is 5.71. The molecule has 66 heavy (non-hydrogen) atoms. The molecule has 0 aliphatic carbocycles. The molecule has 0 fully saturated rings. The van der Waals surface area contributed by atoms with E-state index in [9.17, 15) is 19.5 Å². The van der Waals surface area contributed by atoms with E-state index in [4.69, 9.17) is 18.9 Å². The van der Waals surface area contributed by atoms with Crippen LogP contribution < -0.4 is 0 Å². The second kappa shape index (κ2) is 49.7. The van der Waals surface area contributed by atoms with E-state index in [1.165, 1.54) is 225 Å². The van der Waals surface area contributed by atoms with Crippen LogP contribution >= 0.6 is 0 Å². The van der Waals surface area contributed by atoms with Gasteiger partial charge in [0, 0.05) is 12.8 Å². The average Bonchev–Trinajstić information content (AvgIpc) is 3.28. The molecule has 2 atom stereocenters. The second-order valence-electron chi connectivity index (χ2n) is 21.0. The third kappa shape index (κ3) is 50.2. The van der Waals surface area contributed by atoms with Gasteiger partial charge in [0.05, 0.1) is 34.4 Å². The van der Waals surface area contributed by atoms with Crippen LogP contribution in [0.25, 0.3) is 0 Å². The minimum absolute atomic E-state index is 0.173. The van der Waals surface area contributed by atoms with Crippen molar-refractivity contribution in [3.63, 3.8) is 0 Å². The first kappa shape index (κ1) is 64.3. The maximum atomic E-state index is 12.9. The van der Waals surface area contributed by atoms with E-state index >= 15 is 0 Å². The minimum atomic E-state index is -1.50. The molecule has 0 aromatic carbocycles. The second-order valence-corrected chi connectivity index (χ2v) is 21.0. The van der Waals surface area contributed by atoms with Crippen molar-refractivity contribution in [1.29, 1.82) is 0 Å². The van der Waals surface area contributed by atoms with Crippen LogP contribution in [-0.2, 0) is 33.3 Å². The number of likely N-dealkylation sites (N-methyl/N-ethyl adjacent to an activating group) is 1. The summed E-state index contributed by atoms with van der Waals surface area (Å²) >= 11 is 0. The number of unbranched alkanes of at least 4 members (excludes halogenated alkanes) is 39. The first-order chi connectivity index (χ1) is 32.1. The van der Waals surface area contributed by atoms with E-state index < -0.39 is 18.4 Å². The number of carbonyl (C=O) groups excluding carboxylic acids is 2. The van der Waals surface area contributed by atoms with Crippen molar-refractivity contribution in [2.75, 3.05) is 47.5 Å². The predicted octanol–water partition coefficient (Wildman–Crippen LogP) is 16.4. The first-order valence-electron chi connectivity index (χ1n) is 28.7. The Hall–Kier alpha value is -1.71. The van der Waals surface area contributed by atoms with Crippen LogP contribution in [0.4, 0.5) is 0 Å². The summed E-state index contributed by atoms with van der Waals surface area (Å²) in [6.07, 6.45) is 51.8. The molecule has 0 aliphatic heterocycles. The van der Waals surface area contributed by atoms with E-state index in [1.54, 1.807) is 0 Å². The zero-order valence-electron chi connectivity index (χ0n) is 44.6. The number of carboxylic acid groups (broad SMARTS) is 1. The number of ether oxygens (including phenoxy) is 4. The van der Waals surface area contributed by atoms with Gasteiger partial charge in [-0.15, -0.1) is 0 Å². The summed E-state index contributed by atoms with van der Waals surface area (Å²) in [5.74, 6) is -1.98. The number of hydrogen-bond acceptors (Lipinski definition) is 7. The molecule has 0 spiro atoms. The molecule has 0 aromatic heterocycles. The van der Waals surface area contributed by atoms with Crippen LogP contribution in [-0.4, -0.2) is 87.4 Å². The summed E-state index contributed by atoms with van der Waals surface area (Å²) in [5, 5.41) is 9.69. The van der Waals surface area contributed by atoms with E-state index in [-0.39, 0.29) is 38.2 Å². The van der Waals surface area contributed by atoms with Crippen LogP contribution in [0.3, 0.4) is 0 Å². The summed E-state index contributed by atoms with van der Waals surface area (Å²) in [7, 11) is 5.98. The Labute approximate surface area is 409 Å². The lowest BCUT2D eigenvalue weighted by molar-refractivity contribution is -0.870. The number of hydrogen-bond donors (Lipinski definition) is 1. The molecule has 2 unspecified atom stereocenters. The third-order valence-electron chi connectivity index (χ3n) is 13.1. The van der Waals surface area contributed by atoms with Crippen molar-refractivity contribution < 1.29 is 42.9 Å². The van der Waals surface area contributed by atoms with Gasteiger partial charge in [0.15, 0.2) is 6.10 Å². The van der Waals surface area contributed by atoms with E-state index in [1.807, 2.05) is 21.1 Å². The zero-order valence-corrected chi connectivity index (χ0v) is 44.6.